The smallest absolute Gasteiger partial charge is 0.869 e. The van der Waals surface area contributed by atoms with Gasteiger partial charge in [0.1, 0.15) is 11.5 Å². The molecule has 0 heterocycles. The van der Waals surface area contributed by atoms with E-state index in [1.54, 1.807) is 25.0 Å². The minimum absolute atomic E-state index is 0. The number of carbonyl (C=O) groups is 2. The van der Waals surface area contributed by atoms with Crippen LogP contribution in [-0.4, -0.2) is 43.8 Å². The first kappa shape index (κ1) is 64.9. The summed E-state index contributed by atoms with van der Waals surface area (Å²) in [5.74, 6) is -5.25. The zero-order valence-electron chi connectivity index (χ0n) is 45.1. The number of carboxylic acid groups (broad SMARTS) is 2. The Hall–Kier alpha value is -5.15. The van der Waals surface area contributed by atoms with Crippen LogP contribution in [0, 0.1) is 0 Å². The van der Waals surface area contributed by atoms with Gasteiger partial charge in [-0.15, -0.1) is 0 Å². The number of hydrogen-bond acceptors (Lipinski definition) is 8. The number of aromatic hydroxyl groups is 2. The van der Waals surface area contributed by atoms with Gasteiger partial charge in [0.2, 0.25) is 0 Å². The fourth-order valence-corrected chi connectivity index (χ4v) is 8.59. The number of aliphatic imine (C=N–C) groups is 2. The minimum Gasteiger partial charge on any atom is -0.869 e. The third kappa shape index (κ3) is 22.7. The van der Waals surface area contributed by atoms with Crippen LogP contribution in [0.3, 0.4) is 0 Å². The van der Waals surface area contributed by atoms with Crippen LogP contribution in [0.2, 0.25) is 0 Å². The number of phenolic OH excluding ortho intramolecular Hbond substituents is 2. The second-order valence-corrected chi connectivity index (χ2v) is 18.6. The summed E-state index contributed by atoms with van der Waals surface area (Å²) in [4.78, 5) is 32.2. The van der Waals surface area contributed by atoms with Gasteiger partial charge in [-0.1, -0.05) is 162 Å². The maximum Gasteiger partial charge on any atom is 2.00 e. The summed E-state index contributed by atoms with van der Waals surface area (Å²) in [5, 5.41) is 57.7. The van der Waals surface area contributed by atoms with Crippen LogP contribution in [0.15, 0.2) is 70.6 Å². The Kier molecular flexibility index (Phi) is 33.9. The van der Waals surface area contributed by atoms with E-state index in [0.717, 1.165) is 30.6 Å². The fourth-order valence-electron chi connectivity index (χ4n) is 8.59. The summed E-state index contributed by atoms with van der Waals surface area (Å²) in [7, 11) is 0. The number of carboxylic acids is 2. The summed E-state index contributed by atoms with van der Waals surface area (Å²) in [6, 6.07) is 19.5. The molecular formula is C61H88N2NiO8. The van der Waals surface area contributed by atoms with Crippen molar-refractivity contribution in [3.05, 3.63) is 105 Å². The molecule has 400 valence electrons. The molecule has 10 nitrogen and oxygen atoms in total. The molecule has 0 saturated heterocycles. The van der Waals surface area contributed by atoms with E-state index in [1.165, 1.54) is 175 Å². The summed E-state index contributed by atoms with van der Waals surface area (Å²) in [5.41, 5.74) is 11.0. The van der Waals surface area contributed by atoms with Gasteiger partial charge < -0.3 is 30.6 Å². The van der Waals surface area contributed by atoms with E-state index in [4.69, 9.17) is 30.4 Å². The molecule has 4 rings (SSSR count). The molecule has 72 heavy (non-hydrogen) atoms. The predicted octanol–water partition coefficient (Wildman–Crippen LogP) is 15.7. The van der Waals surface area contributed by atoms with Crippen LogP contribution < -0.4 is 10.2 Å². The molecule has 4 N–H and O–H groups in total. The summed E-state index contributed by atoms with van der Waals surface area (Å²) in [6.07, 6.45) is 29.1. The van der Waals surface area contributed by atoms with Crippen molar-refractivity contribution in [3.63, 3.8) is 0 Å². The molecule has 0 radical (unpaired) electrons. The third-order valence-electron chi connectivity index (χ3n) is 12.9. The Morgan fingerprint density at radius 2 is 0.722 bits per heavy atom. The van der Waals surface area contributed by atoms with E-state index in [-0.39, 0.29) is 27.6 Å². The molecule has 0 unspecified atom stereocenters. The van der Waals surface area contributed by atoms with Gasteiger partial charge >= 0.3 is 28.4 Å². The first-order valence-electron chi connectivity index (χ1n) is 27.1. The van der Waals surface area contributed by atoms with Crippen LogP contribution in [0.25, 0.3) is 0 Å². The molecule has 0 amide bonds. The third-order valence-corrected chi connectivity index (χ3v) is 12.9. The van der Waals surface area contributed by atoms with Gasteiger partial charge in [-0.25, -0.2) is 9.59 Å². The second-order valence-electron chi connectivity index (χ2n) is 18.6. The van der Waals surface area contributed by atoms with Crippen LogP contribution in [-0.2, 0) is 55.0 Å². The van der Waals surface area contributed by atoms with Crippen LogP contribution in [0.4, 0.5) is 11.4 Å². The summed E-state index contributed by atoms with van der Waals surface area (Å²) < 4.78 is 0. The fraction of sp³-hybridized carbons (Fsp3) is 0.541. The van der Waals surface area contributed by atoms with E-state index in [0.29, 0.717) is 24.0 Å². The molecule has 0 aliphatic rings. The Labute approximate surface area is 443 Å². The maximum absolute atomic E-state index is 11.2. The van der Waals surface area contributed by atoms with Crippen molar-refractivity contribution in [2.75, 3.05) is 0 Å². The Bertz CT molecular complexity index is 2200. The Balaban J connectivity index is 0.000000772. The molecule has 0 fully saturated rings. The van der Waals surface area contributed by atoms with Crippen LogP contribution in [0.1, 0.15) is 231 Å². The van der Waals surface area contributed by atoms with Gasteiger partial charge in [0.25, 0.3) is 0 Å². The van der Waals surface area contributed by atoms with E-state index < -0.39 is 34.9 Å². The van der Waals surface area contributed by atoms with Gasteiger partial charge in [0.05, 0.1) is 33.9 Å². The van der Waals surface area contributed by atoms with Gasteiger partial charge in [-0.2, -0.15) is 0 Å². The molecule has 0 atom stereocenters. The van der Waals surface area contributed by atoms with E-state index in [2.05, 4.69) is 77.9 Å². The number of phenols is 2. The second kappa shape index (κ2) is 37.6. The molecular weight excluding hydrogens is 947 g/mol. The minimum atomic E-state index is -1.29. The maximum atomic E-state index is 11.2. The number of hydrogen-bond donors (Lipinski definition) is 4. The topological polar surface area (TPSA) is 186 Å². The van der Waals surface area contributed by atoms with Gasteiger partial charge in [0, 0.05) is 0 Å². The van der Waals surface area contributed by atoms with Crippen molar-refractivity contribution in [2.24, 2.45) is 9.98 Å². The number of nitrogens with zero attached hydrogens (tertiary/aromatic N) is 2. The van der Waals surface area contributed by atoms with E-state index in [1.807, 2.05) is 0 Å². The Morgan fingerprint density at radius 3 is 1.04 bits per heavy atom. The molecule has 0 aliphatic carbocycles. The van der Waals surface area contributed by atoms with Gasteiger partial charge in [-0.3, -0.25) is 9.98 Å². The number of unbranched alkanes of at least 4 members (excludes halogenated alkanes) is 11. The first-order valence-corrected chi connectivity index (χ1v) is 27.1. The molecule has 0 aromatic heterocycles. The average molecular weight is 1040 g/mol. The van der Waals surface area contributed by atoms with Crippen molar-refractivity contribution in [1.82, 2.24) is 0 Å². The molecule has 11 heteroatoms. The van der Waals surface area contributed by atoms with E-state index >= 15 is 0 Å². The number of benzene rings is 4. The first-order chi connectivity index (χ1) is 34.2. The zero-order chi connectivity index (χ0) is 52.6. The summed E-state index contributed by atoms with van der Waals surface area (Å²) in [6.45, 7) is 17.3. The molecule has 0 bridgehead atoms. The van der Waals surface area contributed by atoms with Crippen molar-refractivity contribution >= 4 is 34.7 Å². The average Bonchev–Trinajstić information content (AvgIpc) is 3.35. The van der Waals surface area contributed by atoms with E-state index in [9.17, 15) is 19.8 Å². The molecule has 0 spiro atoms. The molecule has 4 aromatic rings. The quantitative estimate of drug-likeness (QED) is 0.0226. The van der Waals surface area contributed by atoms with Gasteiger partial charge in [0.15, 0.2) is 0 Å². The summed E-state index contributed by atoms with van der Waals surface area (Å²) >= 11 is 0. The number of aromatic carboxylic acids is 2. The molecule has 0 saturated carbocycles. The standard InChI is InChI=1S/C43H70N2.2C9H10O4.Ni/c1-7-13-19-24-36-30-32-40(34-38(36)26-21-15-9-3)44-42(28-18-12-6)43(29-23-17-11-5)45-41-33-31-37(25-20-14-8-2)39(35-41)27-22-16-10-4;2*1-2-5-3-4-6(10)8(11)7(5)9(12)13;/h30-35H,7-29H2,1-6H3;2*3-4,10-11H,2H2,1H3,(H,12,13);/q;;;+2/p-2. The SMILES string of the molecule is CCCCCC(=Nc1ccc(CCCCC)c(CCCCC)c1)C(CCCC)=Nc1ccc(CCCCC)c(CCCCC)c1.CCc1ccc(O)c([O-])c1C(=O)O.CCc1ccc(O)c([O-])c1C(=O)O.[Ni+2]. The molecule has 4 aromatic carbocycles. The van der Waals surface area contributed by atoms with Crippen LogP contribution >= 0.6 is 0 Å². The van der Waals surface area contributed by atoms with Crippen molar-refractivity contribution in [1.29, 1.82) is 0 Å². The zero-order valence-corrected chi connectivity index (χ0v) is 46.1. The van der Waals surface area contributed by atoms with Gasteiger partial charge in [-0.05, 0) is 160 Å². The predicted molar refractivity (Wildman–Crippen MR) is 291 cm³/mol. The largest absolute Gasteiger partial charge is 2.00 e. The molecule has 0 aliphatic heterocycles. The van der Waals surface area contributed by atoms with Crippen molar-refractivity contribution in [2.45, 2.75) is 216 Å². The Morgan fingerprint density at radius 1 is 0.417 bits per heavy atom. The number of aryl methyl sites for hydroxylation is 6. The van der Waals surface area contributed by atoms with Crippen molar-refractivity contribution < 1.29 is 56.7 Å². The normalized spacial score (nSPS) is 11.3. The monoisotopic (exact) mass is 1030 g/mol. The van der Waals surface area contributed by atoms with Crippen LogP contribution in [0.5, 0.6) is 23.0 Å². The van der Waals surface area contributed by atoms with Crippen molar-refractivity contribution in [3.8, 4) is 23.0 Å². The number of rotatable bonds is 30.